The fourth-order valence-electron chi connectivity index (χ4n) is 2.37. The van der Waals surface area contributed by atoms with Crippen molar-refractivity contribution in [2.24, 2.45) is 7.05 Å². The minimum absolute atomic E-state index is 0.0553. The summed E-state index contributed by atoms with van der Waals surface area (Å²) in [5, 5.41) is 14.9. The zero-order valence-electron chi connectivity index (χ0n) is 14.8. The highest BCUT2D eigenvalue weighted by atomic mass is 16.5. The first-order valence-electron chi connectivity index (χ1n) is 8.00. The van der Waals surface area contributed by atoms with Gasteiger partial charge in [0.05, 0.1) is 19.0 Å². The molecule has 0 aliphatic carbocycles. The van der Waals surface area contributed by atoms with Gasteiger partial charge in [-0.15, -0.1) is 5.10 Å². The lowest BCUT2D eigenvalue weighted by Crippen LogP contribution is -2.20. The summed E-state index contributed by atoms with van der Waals surface area (Å²) >= 11 is 0. The Morgan fingerprint density at radius 1 is 1.23 bits per heavy atom. The number of hydrogen-bond donors (Lipinski definition) is 1. The average Bonchev–Trinajstić information content (AvgIpc) is 3.19. The Morgan fingerprint density at radius 2 is 1.96 bits per heavy atom. The maximum absolute atomic E-state index is 12.1. The van der Waals surface area contributed by atoms with Crippen molar-refractivity contribution in [1.29, 1.82) is 0 Å². The van der Waals surface area contributed by atoms with Crippen molar-refractivity contribution >= 4 is 11.7 Å². The van der Waals surface area contributed by atoms with Crippen LogP contribution in [-0.4, -0.2) is 37.8 Å². The summed E-state index contributed by atoms with van der Waals surface area (Å²) in [6.07, 6.45) is 1.68. The molecular weight excluding hydrogens is 336 g/mol. The van der Waals surface area contributed by atoms with Gasteiger partial charge in [-0.2, -0.15) is 5.10 Å². The number of aromatic nitrogens is 5. The second-order valence-electron chi connectivity index (χ2n) is 5.71. The monoisotopic (exact) mass is 356 g/mol. The number of nitrogens with one attached hydrogen (secondary N) is 1. The number of hydrogen-bond acceptors (Lipinski definition) is 6. The van der Waals surface area contributed by atoms with E-state index in [2.05, 4.69) is 20.7 Å². The van der Waals surface area contributed by atoms with E-state index in [-0.39, 0.29) is 19.1 Å². The number of anilines is 1. The van der Waals surface area contributed by atoms with Crippen LogP contribution >= 0.6 is 0 Å². The van der Waals surface area contributed by atoms with E-state index in [1.165, 1.54) is 4.68 Å². The third kappa shape index (κ3) is 4.38. The molecule has 3 rings (SSSR count). The van der Waals surface area contributed by atoms with E-state index in [1.807, 2.05) is 31.2 Å². The van der Waals surface area contributed by atoms with E-state index in [1.54, 1.807) is 31.1 Å². The third-order valence-electron chi connectivity index (χ3n) is 3.61. The number of carbonyl (C=O) groups is 1. The first kappa shape index (κ1) is 17.5. The fourth-order valence-corrected chi connectivity index (χ4v) is 2.37. The molecule has 136 valence electrons. The Labute approximate surface area is 150 Å². The summed E-state index contributed by atoms with van der Waals surface area (Å²) in [5.41, 5.74) is 1.46. The van der Waals surface area contributed by atoms with Crippen molar-refractivity contribution < 1.29 is 14.3 Å². The lowest BCUT2D eigenvalue weighted by Gasteiger charge is -2.05. The molecule has 2 aromatic heterocycles. The van der Waals surface area contributed by atoms with Gasteiger partial charge >= 0.3 is 0 Å². The highest BCUT2D eigenvalue weighted by molar-refractivity contribution is 5.89. The zero-order chi connectivity index (χ0) is 18.5. The van der Waals surface area contributed by atoms with Crippen LogP contribution in [0.25, 0.3) is 0 Å². The van der Waals surface area contributed by atoms with E-state index >= 15 is 0 Å². The Kier molecular flexibility index (Phi) is 5.16. The van der Waals surface area contributed by atoms with E-state index in [4.69, 9.17) is 9.47 Å². The summed E-state index contributed by atoms with van der Waals surface area (Å²) in [5.74, 6) is 1.89. The largest absolute Gasteiger partial charge is 0.497 e. The molecule has 0 aliphatic heterocycles. The number of nitrogens with zero attached hydrogens (tertiary/aromatic N) is 5. The highest BCUT2D eigenvalue weighted by Crippen LogP contribution is 2.17. The van der Waals surface area contributed by atoms with Gasteiger partial charge in [0.1, 0.15) is 36.2 Å². The quantitative estimate of drug-likeness (QED) is 0.690. The summed E-state index contributed by atoms with van der Waals surface area (Å²) in [7, 11) is 3.38. The number of aryl methyl sites for hydroxylation is 2. The molecular formula is C17H20N6O3. The summed E-state index contributed by atoms with van der Waals surface area (Å²) < 4.78 is 13.8. The first-order valence-corrected chi connectivity index (χ1v) is 8.00. The molecule has 26 heavy (non-hydrogen) atoms. The van der Waals surface area contributed by atoms with Gasteiger partial charge in [-0.3, -0.25) is 9.48 Å². The standard InChI is InChI=1S/C17H20N6O3/c1-12-8-16(22(2)20-12)18-17(24)10-23-9-13(19-21-23)11-26-15-6-4-14(25-3)5-7-15/h4-9H,10-11H2,1-3H3,(H,18,24). The fraction of sp³-hybridized carbons (Fsp3) is 0.294. The van der Waals surface area contributed by atoms with E-state index in [9.17, 15) is 4.79 Å². The van der Waals surface area contributed by atoms with Crippen molar-refractivity contribution in [3.8, 4) is 11.5 Å². The first-order chi connectivity index (χ1) is 12.5. The van der Waals surface area contributed by atoms with Crippen molar-refractivity contribution in [3.63, 3.8) is 0 Å². The lowest BCUT2D eigenvalue weighted by molar-refractivity contribution is -0.117. The van der Waals surface area contributed by atoms with Crippen molar-refractivity contribution in [3.05, 3.63) is 47.9 Å². The van der Waals surface area contributed by atoms with Crippen LogP contribution in [0.2, 0.25) is 0 Å². The molecule has 0 spiro atoms. The third-order valence-corrected chi connectivity index (χ3v) is 3.61. The van der Waals surface area contributed by atoms with Gasteiger partial charge in [0.2, 0.25) is 5.91 Å². The number of carbonyl (C=O) groups excluding carboxylic acids is 1. The summed E-state index contributed by atoms with van der Waals surface area (Å²) in [6, 6.07) is 9.06. The summed E-state index contributed by atoms with van der Waals surface area (Å²) in [6.45, 7) is 2.18. The van der Waals surface area contributed by atoms with Crippen molar-refractivity contribution in [2.45, 2.75) is 20.1 Å². The normalized spacial score (nSPS) is 10.6. The van der Waals surface area contributed by atoms with Crippen LogP contribution in [0.15, 0.2) is 36.5 Å². The Morgan fingerprint density at radius 3 is 2.62 bits per heavy atom. The average molecular weight is 356 g/mol. The van der Waals surface area contributed by atoms with Gasteiger partial charge in [-0.25, -0.2) is 4.68 Å². The van der Waals surface area contributed by atoms with Crippen LogP contribution in [0, 0.1) is 6.92 Å². The van der Waals surface area contributed by atoms with Crippen LogP contribution in [0.4, 0.5) is 5.82 Å². The van der Waals surface area contributed by atoms with Gasteiger partial charge < -0.3 is 14.8 Å². The molecule has 0 aliphatic rings. The number of ether oxygens (including phenoxy) is 2. The molecule has 0 atom stereocenters. The number of rotatable bonds is 7. The molecule has 1 N–H and O–H groups in total. The maximum atomic E-state index is 12.1. The molecule has 9 heteroatoms. The molecule has 0 radical (unpaired) electrons. The van der Waals surface area contributed by atoms with Crippen LogP contribution in [0.3, 0.4) is 0 Å². The molecule has 0 saturated heterocycles. The molecule has 3 aromatic rings. The molecule has 9 nitrogen and oxygen atoms in total. The number of methoxy groups -OCH3 is 1. The molecule has 0 fully saturated rings. The van der Waals surface area contributed by atoms with Gasteiger partial charge in [0.25, 0.3) is 0 Å². The molecule has 1 amide bonds. The van der Waals surface area contributed by atoms with Crippen LogP contribution < -0.4 is 14.8 Å². The van der Waals surface area contributed by atoms with E-state index in [0.29, 0.717) is 17.3 Å². The maximum Gasteiger partial charge on any atom is 0.247 e. The molecule has 1 aromatic carbocycles. The topological polar surface area (TPSA) is 96.1 Å². The minimum Gasteiger partial charge on any atom is -0.497 e. The van der Waals surface area contributed by atoms with E-state index in [0.717, 1.165) is 11.4 Å². The predicted molar refractivity (Wildman–Crippen MR) is 93.9 cm³/mol. The van der Waals surface area contributed by atoms with Gasteiger partial charge in [-0.1, -0.05) is 5.21 Å². The number of amides is 1. The Balaban J connectivity index is 1.52. The second-order valence-corrected chi connectivity index (χ2v) is 5.71. The smallest absolute Gasteiger partial charge is 0.247 e. The summed E-state index contributed by atoms with van der Waals surface area (Å²) in [4.78, 5) is 12.1. The van der Waals surface area contributed by atoms with Crippen LogP contribution in [-0.2, 0) is 25.0 Å². The molecule has 0 bridgehead atoms. The van der Waals surface area contributed by atoms with Crippen molar-refractivity contribution in [2.75, 3.05) is 12.4 Å². The van der Waals surface area contributed by atoms with Gasteiger partial charge in [-0.05, 0) is 31.2 Å². The lowest BCUT2D eigenvalue weighted by atomic mass is 10.3. The van der Waals surface area contributed by atoms with Crippen molar-refractivity contribution in [1.82, 2.24) is 24.8 Å². The van der Waals surface area contributed by atoms with Gasteiger partial charge in [0, 0.05) is 13.1 Å². The zero-order valence-corrected chi connectivity index (χ0v) is 14.8. The SMILES string of the molecule is COc1ccc(OCc2cn(CC(=O)Nc3cc(C)nn3C)nn2)cc1. The predicted octanol–water partition coefficient (Wildman–Crippen LogP) is 1.55. The Bertz CT molecular complexity index is 884. The second kappa shape index (κ2) is 7.68. The van der Waals surface area contributed by atoms with E-state index < -0.39 is 0 Å². The molecule has 2 heterocycles. The van der Waals surface area contributed by atoms with Gasteiger partial charge in [0.15, 0.2) is 0 Å². The molecule has 0 saturated carbocycles. The Hall–Kier alpha value is -3.36. The number of benzene rings is 1. The molecule has 0 unspecified atom stereocenters. The minimum atomic E-state index is -0.208. The van der Waals surface area contributed by atoms with Crippen LogP contribution in [0.5, 0.6) is 11.5 Å². The highest BCUT2D eigenvalue weighted by Gasteiger charge is 2.10. The van der Waals surface area contributed by atoms with Crippen LogP contribution in [0.1, 0.15) is 11.4 Å².